The van der Waals surface area contributed by atoms with Crippen molar-refractivity contribution in [3.8, 4) is 66.8 Å². The zero-order valence-corrected chi connectivity index (χ0v) is 59.6. The standard InChI is InChI=1S/C86H81IN6O3/c1-15-84(12)72-69(48(3)81(84,6)7)78(94)88-75-66-32-29-51(41-54(66)35-38-91(72)75)60-23-17-20-26-63(60)57-44-58(64-27-21-18-24-61(64)52-30-33-67-55(42-52)36-39-92-73-70(79(95)89-76(67)92)49(4)82(8,9)85(73,13)16-2)46-59(45-57)65-28-22-19-25-62(65)53-31-34-68-56(43-53)37-40-93-74-71(80(96)90-77(68)93)50(5)83(10,11)86(74,14)47-87/h17-46,48-50H,15-16,47H2,1-14H3. The average molecular weight is 1370 g/mol. The number of pyridine rings is 3. The Labute approximate surface area is 574 Å². The molecule has 3 aliphatic carbocycles. The van der Waals surface area contributed by atoms with Crippen LogP contribution in [0.5, 0.6) is 0 Å². The van der Waals surface area contributed by atoms with E-state index in [1.807, 2.05) is 0 Å². The van der Waals surface area contributed by atoms with Crippen LogP contribution in [0.3, 0.4) is 0 Å². The van der Waals surface area contributed by atoms with Gasteiger partial charge in [0.05, 0.1) is 0 Å². The lowest BCUT2D eigenvalue weighted by molar-refractivity contribution is 0.162. The Hall–Kier alpha value is -8.87. The number of rotatable bonds is 9. The second-order valence-corrected chi connectivity index (χ2v) is 31.3. The number of benzene rings is 7. The lowest BCUT2D eigenvalue weighted by Crippen LogP contribution is -2.39. The second kappa shape index (κ2) is 21.3. The first-order valence-corrected chi connectivity index (χ1v) is 35.8. The van der Waals surface area contributed by atoms with E-state index in [-0.39, 0.29) is 66.9 Å². The van der Waals surface area contributed by atoms with Crippen molar-refractivity contribution in [1.82, 2.24) is 28.2 Å². The minimum Gasteiger partial charge on any atom is -0.304 e. The summed E-state index contributed by atoms with van der Waals surface area (Å²) in [4.78, 5) is 57.4. The molecule has 16 rings (SSSR count). The van der Waals surface area contributed by atoms with Gasteiger partial charge in [0.25, 0.3) is 16.7 Å². The predicted molar refractivity (Wildman–Crippen MR) is 405 cm³/mol. The molecule has 0 spiro atoms. The lowest BCUT2D eigenvalue weighted by Gasteiger charge is -2.41. The Bertz CT molecular complexity index is 5180. The van der Waals surface area contributed by atoms with Crippen LogP contribution in [0.15, 0.2) is 197 Å². The van der Waals surface area contributed by atoms with E-state index in [1.54, 1.807) is 0 Å². The Morgan fingerprint density at radius 2 is 0.615 bits per heavy atom. The van der Waals surface area contributed by atoms with Gasteiger partial charge < -0.3 is 13.2 Å². The van der Waals surface area contributed by atoms with Crippen LogP contribution in [0.2, 0.25) is 0 Å². The molecule has 0 fully saturated rings. The molecule has 10 heteroatoms. The normalized spacial score (nSPS) is 22.2. The van der Waals surface area contributed by atoms with Crippen molar-refractivity contribution in [2.45, 2.75) is 144 Å². The van der Waals surface area contributed by atoms with Gasteiger partial charge in [-0.25, -0.2) is 0 Å². The van der Waals surface area contributed by atoms with Gasteiger partial charge in [-0.1, -0.05) is 229 Å². The largest absolute Gasteiger partial charge is 0.304 e. The van der Waals surface area contributed by atoms with Crippen molar-refractivity contribution in [3.05, 3.63) is 247 Å². The third-order valence-electron chi connectivity index (χ3n) is 26.2. The first-order chi connectivity index (χ1) is 45.8. The van der Waals surface area contributed by atoms with Crippen molar-refractivity contribution in [2.24, 2.45) is 16.2 Å². The Balaban J connectivity index is 0.866. The number of hydrogen-bond acceptors (Lipinski definition) is 6. The molecule has 6 aromatic heterocycles. The first-order valence-electron chi connectivity index (χ1n) is 34.3. The molecular formula is C86H81IN6O3. The second-order valence-electron chi connectivity index (χ2n) is 30.6. The minimum absolute atomic E-state index is 0.0604. The fourth-order valence-electron chi connectivity index (χ4n) is 18.2. The summed E-state index contributed by atoms with van der Waals surface area (Å²) in [5, 5.41) is 5.84. The molecule has 0 radical (unpaired) electrons. The summed E-state index contributed by atoms with van der Waals surface area (Å²) in [5.41, 5.74) is 19.1. The Morgan fingerprint density at radius 3 is 0.885 bits per heavy atom. The van der Waals surface area contributed by atoms with E-state index in [2.05, 4.69) is 315 Å². The molecule has 0 N–H and O–H groups in total. The Kier molecular flexibility index (Phi) is 13.8. The van der Waals surface area contributed by atoms with E-state index in [0.29, 0.717) is 16.9 Å². The van der Waals surface area contributed by atoms with Crippen LogP contribution in [0, 0.1) is 16.2 Å². The molecule has 0 amide bonds. The van der Waals surface area contributed by atoms with Crippen LogP contribution in [-0.4, -0.2) is 32.6 Å². The highest BCUT2D eigenvalue weighted by Crippen LogP contribution is 2.62. The fourth-order valence-corrected chi connectivity index (χ4v) is 19.5. The third kappa shape index (κ3) is 8.26. The van der Waals surface area contributed by atoms with Crippen LogP contribution in [0.25, 0.3) is 116 Å². The first kappa shape index (κ1) is 62.0. The average Bonchev–Trinajstić information content (AvgIpc) is 1.52. The molecule has 13 aromatic rings. The van der Waals surface area contributed by atoms with Gasteiger partial charge >= 0.3 is 0 Å². The van der Waals surface area contributed by atoms with Crippen molar-refractivity contribution in [3.63, 3.8) is 0 Å². The number of hydrogen-bond donors (Lipinski definition) is 0. The zero-order valence-electron chi connectivity index (χ0n) is 57.5. The van der Waals surface area contributed by atoms with Crippen LogP contribution in [0.4, 0.5) is 0 Å². The van der Waals surface area contributed by atoms with Crippen molar-refractivity contribution < 1.29 is 0 Å². The van der Waals surface area contributed by atoms with Gasteiger partial charge in [0, 0.05) is 89.2 Å². The molecule has 96 heavy (non-hydrogen) atoms. The highest BCUT2D eigenvalue weighted by molar-refractivity contribution is 14.1. The van der Waals surface area contributed by atoms with E-state index in [1.165, 1.54) is 0 Å². The maximum atomic E-state index is 14.2. The van der Waals surface area contributed by atoms with Crippen LogP contribution < -0.4 is 16.7 Å². The molecule has 6 unspecified atom stereocenters. The molecule has 480 valence electrons. The predicted octanol–water partition coefficient (Wildman–Crippen LogP) is 20.6. The summed E-state index contributed by atoms with van der Waals surface area (Å²) in [6.07, 6.45) is 8.22. The maximum absolute atomic E-state index is 14.2. The molecule has 7 aromatic carbocycles. The molecule has 0 bridgehead atoms. The van der Waals surface area contributed by atoms with Crippen LogP contribution in [-0.2, 0) is 16.2 Å². The van der Waals surface area contributed by atoms with Gasteiger partial charge in [-0.2, -0.15) is 15.0 Å². The number of alkyl halides is 1. The monoisotopic (exact) mass is 1370 g/mol. The third-order valence-corrected chi connectivity index (χ3v) is 27.7. The van der Waals surface area contributed by atoms with E-state index < -0.39 is 0 Å². The quantitative estimate of drug-likeness (QED) is 0.0810. The van der Waals surface area contributed by atoms with Crippen LogP contribution >= 0.6 is 22.6 Å². The highest BCUT2D eigenvalue weighted by Gasteiger charge is 2.57. The Morgan fingerprint density at radius 1 is 0.354 bits per heavy atom. The highest BCUT2D eigenvalue weighted by atomic mass is 127. The maximum Gasteiger partial charge on any atom is 0.277 e. The summed E-state index contributed by atoms with van der Waals surface area (Å²) >= 11 is 2.51. The molecule has 9 nitrogen and oxygen atoms in total. The lowest BCUT2D eigenvalue weighted by atomic mass is 9.63. The summed E-state index contributed by atoms with van der Waals surface area (Å²) in [5.74, 6) is 0.191. The molecule has 6 atom stereocenters. The summed E-state index contributed by atoms with van der Waals surface area (Å²) in [6, 6.07) is 59.6. The molecule has 3 aliphatic rings. The van der Waals surface area contributed by atoms with Crippen molar-refractivity contribution in [1.29, 1.82) is 0 Å². The van der Waals surface area contributed by atoms with Gasteiger partial charge in [0.2, 0.25) is 0 Å². The molecule has 0 aliphatic heterocycles. The molecule has 0 saturated carbocycles. The summed E-state index contributed by atoms with van der Waals surface area (Å²) < 4.78 is 7.50. The van der Waals surface area contributed by atoms with E-state index in [0.717, 1.165) is 150 Å². The van der Waals surface area contributed by atoms with Gasteiger partial charge in [-0.15, -0.1) is 0 Å². The summed E-state index contributed by atoms with van der Waals surface area (Å²) in [7, 11) is 0. The minimum atomic E-state index is -0.242. The smallest absolute Gasteiger partial charge is 0.277 e. The summed E-state index contributed by atoms with van der Waals surface area (Å²) in [6.45, 7) is 31.8. The number of aromatic nitrogens is 6. The number of fused-ring (bicyclic) bond motifs is 15. The zero-order chi connectivity index (χ0) is 67.2. The molecule has 6 heterocycles. The van der Waals surface area contributed by atoms with Crippen molar-refractivity contribution >= 4 is 71.8 Å². The van der Waals surface area contributed by atoms with E-state index in [9.17, 15) is 14.4 Å². The van der Waals surface area contributed by atoms with Crippen LogP contribution in [0.1, 0.15) is 161 Å². The number of halogens is 1. The van der Waals surface area contributed by atoms with Gasteiger partial charge in [-0.3, -0.25) is 14.4 Å². The van der Waals surface area contributed by atoms with Gasteiger partial charge in [0.1, 0.15) is 16.9 Å². The number of nitrogens with zero attached hydrogens (tertiary/aromatic N) is 6. The molecule has 0 saturated heterocycles. The van der Waals surface area contributed by atoms with Crippen molar-refractivity contribution in [2.75, 3.05) is 4.43 Å². The SMILES string of the molecule is CCC1(C)c2c(c(=O)nc3c4ccc(-c5ccccc5-c5cc(-c6ccccc6-c6ccc7c(ccn8c9c(c(=O)nc78)C(C)C(C)(C)C9(C)CC)c6)cc(-c6ccccc6-c6ccc7c(ccn8c9c(c(=O)nc78)C(C)C(C)(C)C9(C)CI)c6)c5)cc4ccn23)C(C)C1(C)C. The molecular weight excluding hydrogens is 1290 g/mol. The topological polar surface area (TPSA) is 103 Å². The van der Waals surface area contributed by atoms with E-state index in [4.69, 9.17) is 15.0 Å². The fraction of sp³-hybridized carbons (Fsp3) is 0.302. The van der Waals surface area contributed by atoms with Gasteiger partial charge in [-0.05, 0) is 184 Å². The van der Waals surface area contributed by atoms with Gasteiger partial charge in [0.15, 0.2) is 0 Å². The van der Waals surface area contributed by atoms with E-state index >= 15 is 0 Å².